The Hall–Kier alpha value is -3.60. The molecule has 0 aliphatic carbocycles. The molecule has 3 aromatic rings. The molecule has 1 fully saturated rings. The third-order valence-corrected chi connectivity index (χ3v) is 6.08. The molecule has 3 heterocycles. The smallest absolute Gasteiger partial charge is 0.277 e. The number of nitrogens with one attached hydrogen (secondary N) is 1. The molecule has 1 saturated heterocycles. The van der Waals surface area contributed by atoms with Gasteiger partial charge in [-0.1, -0.05) is 18.2 Å². The summed E-state index contributed by atoms with van der Waals surface area (Å²) in [5, 5.41) is 16.9. The van der Waals surface area contributed by atoms with Gasteiger partial charge in [-0.05, 0) is 36.5 Å². The number of hydrogen-bond donors (Lipinski definition) is 2. The summed E-state index contributed by atoms with van der Waals surface area (Å²) >= 11 is 0. The second-order valence-corrected chi connectivity index (χ2v) is 8.31. The summed E-state index contributed by atoms with van der Waals surface area (Å²) in [6.45, 7) is 4.71. The van der Waals surface area contributed by atoms with Crippen LogP contribution in [-0.4, -0.2) is 66.5 Å². The largest absolute Gasteiger partial charge is 0.341 e. The lowest BCUT2D eigenvalue weighted by molar-refractivity contribution is -0.132. The molecule has 11 nitrogen and oxygen atoms in total. The van der Waals surface area contributed by atoms with Gasteiger partial charge in [0.25, 0.3) is 5.91 Å². The first-order chi connectivity index (χ1) is 16.0. The maximum Gasteiger partial charge on any atom is 0.277 e. The molecule has 0 radical (unpaired) electrons. The maximum absolute atomic E-state index is 12.7. The molecule has 2 N–H and O–H groups in total. The van der Waals surface area contributed by atoms with E-state index < -0.39 is 5.91 Å². The van der Waals surface area contributed by atoms with Crippen LogP contribution in [-0.2, 0) is 18.4 Å². The summed E-state index contributed by atoms with van der Waals surface area (Å²) in [5.41, 5.74) is 4.63. The third kappa shape index (κ3) is 5.08. The summed E-state index contributed by atoms with van der Waals surface area (Å²) < 4.78 is 1.74. The summed E-state index contributed by atoms with van der Waals surface area (Å²) in [6, 6.07) is 6.00. The van der Waals surface area contributed by atoms with Crippen LogP contribution in [0.25, 0.3) is 11.0 Å². The Morgan fingerprint density at radius 3 is 2.61 bits per heavy atom. The van der Waals surface area contributed by atoms with E-state index in [9.17, 15) is 9.59 Å². The van der Waals surface area contributed by atoms with Crippen molar-refractivity contribution in [2.75, 3.05) is 24.5 Å². The number of nitrogens with zero attached hydrogens (tertiary/aromatic N) is 7. The van der Waals surface area contributed by atoms with Crippen molar-refractivity contribution in [1.29, 1.82) is 0 Å². The fourth-order valence-corrected chi connectivity index (χ4v) is 4.17. The van der Waals surface area contributed by atoms with E-state index in [1.54, 1.807) is 10.2 Å². The minimum absolute atomic E-state index is 0.140. The van der Waals surface area contributed by atoms with Crippen LogP contribution in [0.1, 0.15) is 42.1 Å². The van der Waals surface area contributed by atoms with Gasteiger partial charge in [0.15, 0.2) is 0 Å². The molecule has 1 aliphatic rings. The van der Waals surface area contributed by atoms with Crippen LogP contribution in [0.4, 0.5) is 5.95 Å². The Bertz CT molecular complexity index is 1120. The molecular formula is C22H28N8O3. The zero-order valence-electron chi connectivity index (χ0n) is 18.8. The minimum atomic E-state index is -0.639. The molecule has 11 heteroatoms. The maximum atomic E-state index is 12.7. The van der Waals surface area contributed by atoms with E-state index in [1.807, 2.05) is 37.1 Å². The van der Waals surface area contributed by atoms with Gasteiger partial charge in [-0.25, -0.2) is 20.1 Å². The molecule has 0 unspecified atom stereocenters. The van der Waals surface area contributed by atoms with E-state index in [-0.39, 0.29) is 11.5 Å². The van der Waals surface area contributed by atoms with Crippen molar-refractivity contribution in [3.63, 3.8) is 0 Å². The van der Waals surface area contributed by atoms with E-state index in [0.717, 1.165) is 42.5 Å². The highest BCUT2D eigenvalue weighted by Gasteiger charge is 2.25. The van der Waals surface area contributed by atoms with Gasteiger partial charge in [-0.15, -0.1) is 5.10 Å². The van der Waals surface area contributed by atoms with Crippen molar-refractivity contribution in [3.05, 3.63) is 41.7 Å². The second-order valence-electron chi connectivity index (χ2n) is 8.31. The topological polar surface area (TPSA) is 129 Å². The molecule has 2 aromatic heterocycles. The van der Waals surface area contributed by atoms with E-state index in [1.165, 1.54) is 12.4 Å². The van der Waals surface area contributed by atoms with E-state index in [2.05, 4.69) is 25.2 Å². The minimum Gasteiger partial charge on any atom is -0.341 e. The molecule has 2 amide bonds. The van der Waals surface area contributed by atoms with Crippen molar-refractivity contribution >= 4 is 28.8 Å². The standard InChI is InChI=1S/C22H28N8O3/c1-3-20(31)30(14-16-4-5-18-19(10-16)28(2)27-25-18)13-15-6-8-29(9-7-15)22-23-11-17(12-24-22)21(32)26-33/h4-5,10-12,15,33H,3,6-9,13-14H2,1-2H3,(H,26,32). The number of aromatic nitrogens is 5. The summed E-state index contributed by atoms with van der Waals surface area (Å²) in [5.74, 6) is 0.447. The number of amides is 2. The zero-order valence-corrected chi connectivity index (χ0v) is 18.8. The number of rotatable bonds is 7. The molecule has 0 spiro atoms. The predicted molar refractivity (Wildman–Crippen MR) is 120 cm³/mol. The average molecular weight is 453 g/mol. The number of fused-ring (bicyclic) bond motifs is 1. The van der Waals surface area contributed by atoms with E-state index in [0.29, 0.717) is 31.4 Å². The highest BCUT2D eigenvalue weighted by Crippen LogP contribution is 2.23. The van der Waals surface area contributed by atoms with Crippen LogP contribution < -0.4 is 10.4 Å². The first kappa shape index (κ1) is 22.6. The van der Waals surface area contributed by atoms with Gasteiger partial charge >= 0.3 is 0 Å². The summed E-state index contributed by atoms with van der Waals surface area (Å²) in [4.78, 5) is 36.6. The number of anilines is 1. The number of piperidine rings is 1. The van der Waals surface area contributed by atoms with Crippen molar-refractivity contribution in [3.8, 4) is 0 Å². The Kier molecular flexibility index (Phi) is 6.78. The van der Waals surface area contributed by atoms with Crippen molar-refractivity contribution in [2.45, 2.75) is 32.7 Å². The van der Waals surface area contributed by atoms with E-state index in [4.69, 9.17) is 5.21 Å². The van der Waals surface area contributed by atoms with Gasteiger partial charge in [-0.2, -0.15) is 0 Å². The summed E-state index contributed by atoms with van der Waals surface area (Å²) in [6.07, 6.45) is 5.10. The molecular weight excluding hydrogens is 424 g/mol. The molecule has 0 atom stereocenters. The fraction of sp³-hybridized carbons (Fsp3) is 0.455. The van der Waals surface area contributed by atoms with Crippen molar-refractivity contribution in [1.82, 2.24) is 35.3 Å². The lowest BCUT2D eigenvalue weighted by atomic mass is 9.96. The van der Waals surface area contributed by atoms with Gasteiger partial charge in [0, 0.05) is 52.0 Å². The van der Waals surface area contributed by atoms with Gasteiger partial charge in [0.05, 0.1) is 11.1 Å². The highest BCUT2D eigenvalue weighted by molar-refractivity contribution is 5.92. The van der Waals surface area contributed by atoms with Gasteiger partial charge in [-0.3, -0.25) is 14.8 Å². The fourth-order valence-electron chi connectivity index (χ4n) is 4.17. The number of hydroxylamine groups is 1. The van der Waals surface area contributed by atoms with Crippen LogP contribution in [0.3, 0.4) is 0 Å². The Morgan fingerprint density at radius 1 is 1.21 bits per heavy atom. The van der Waals surface area contributed by atoms with Gasteiger partial charge < -0.3 is 9.80 Å². The summed E-state index contributed by atoms with van der Waals surface area (Å²) in [7, 11) is 1.86. The van der Waals surface area contributed by atoms with Crippen molar-refractivity contribution in [2.24, 2.45) is 13.0 Å². The van der Waals surface area contributed by atoms with Crippen molar-refractivity contribution < 1.29 is 14.8 Å². The Balaban J connectivity index is 1.37. The van der Waals surface area contributed by atoms with Crippen LogP contribution in [0.2, 0.25) is 0 Å². The first-order valence-corrected chi connectivity index (χ1v) is 11.1. The van der Waals surface area contributed by atoms with Gasteiger partial charge in [0.2, 0.25) is 11.9 Å². The van der Waals surface area contributed by atoms with Crippen LogP contribution in [0, 0.1) is 5.92 Å². The molecule has 1 aromatic carbocycles. The van der Waals surface area contributed by atoms with Crippen LogP contribution in [0.15, 0.2) is 30.6 Å². The highest BCUT2D eigenvalue weighted by atomic mass is 16.5. The number of hydrogen-bond acceptors (Lipinski definition) is 8. The zero-order chi connectivity index (χ0) is 23.4. The Morgan fingerprint density at radius 2 is 1.94 bits per heavy atom. The SMILES string of the molecule is CCC(=O)N(Cc1ccc2nnn(C)c2c1)CC1CCN(c2ncc(C(=O)NO)cn2)CC1. The molecule has 174 valence electrons. The van der Waals surface area contributed by atoms with Crippen LogP contribution in [0.5, 0.6) is 0 Å². The number of aryl methyl sites for hydroxylation is 1. The predicted octanol–water partition coefficient (Wildman–Crippen LogP) is 1.53. The van der Waals surface area contributed by atoms with Gasteiger partial charge in [0.1, 0.15) is 5.52 Å². The van der Waals surface area contributed by atoms with E-state index >= 15 is 0 Å². The molecule has 0 saturated carbocycles. The normalized spacial score (nSPS) is 14.5. The second kappa shape index (κ2) is 9.90. The number of benzene rings is 1. The number of carbonyl (C=O) groups is 2. The lowest BCUT2D eigenvalue weighted by Crippen LogP contribution is -2.41. The average Bonchev–Trinajstić information content (AvgIpc) is 3.23. The molecule has 4 rings (SSSR count). The molecule has 0 bridgehead atoms. The molecule has 1 aliphatic heterocycles. The quantitative estimate of drug-likeness (QED) is 0.408. The van der Waals surface area contributed by atoms with Crippen LogP contribution >= 0.6 is 0 Å². The number of carbonyl (C=O) groups excluding carboxylic acids is 2. The third-order valence-electron chi connectivity index (χ3n) is 6.08. The molecule has 33 heavy (non-hydrogen) atoms. The lowest BCUT2D eigenvalue weighted by Gasteiger charge is -2.35. The monoisotopic (exact) mass is 452 g/mol. The Labute approximate surface area is 191 Å². The first-order valence-electron chi connectivity index (χ1n) is 11.1.